The lowest BCUT2D eigenvalue weighted by molar-refractivity contribution is -0.224. The van der Waals surface area contributed by atoms with Gasteiger partial charge in [0.2, 0.25) is 0 Å². The molecule has 27 heavy (non-hydrogen) atoms. The highest BCUT2D eigenvalue weighted by atomic mass is 19.3. The molecule has 6 heteroatoms. The van der Waals surface area contributed by atoms with Crippen molar-refractivity contribution in [3.05, 3.63) is 29.6 Å². The van der Waals surface area contributed by atoms with Crippen molar-refractivity contribution >= 4 is 0 Å². The van der Waals surface area contributed by atoms with Crippen LogP contribution in [0.2, 0.25) is 0 Å². The van der Waals surface area contributed by atoms with Crippen LogP contribution in [0.4, 0.5) is 22.0 Å². The highest BCUT2D eigenvalue weighted by Gasteiger charge is 2.44. The van der Waals surface area contributed by atoms with Crippen molar-refractivity contribution in [2.75, 3.05) is 0 Å². The molecule has 1 nitrogen and oxygen atoms in total. The van der Waals surface area contributed by atoms with Crippen molar-refractivity contribution in [2.24, 2.45) is 23.7 Å². The maximum atomic E-state index is 14.5. The second-order valence-corrected chi connectivity index (χ2v) is 8.12. The van der Waals surface area contributed by atoms with E-state index < -0.39 is 35.2 Å². The van der Waals surface area contributed by atoms with Crippen molar-refractivity contribution in [2.45, 2.75) is 71.8 Å². The Bertz CT molecular complexity index is 586. The highest BCUT2D eigenvalue weighted by molar-refractivity contribution is 5.25. The van der Waals surface area contributed by atoms with E-state index in [0.29, 0.717) is 55.6 Å². The van der Waals surface area contributed by atoms with Gasteiger partial charge in [-0.25, -0.2) is 13.2 Å². The zero-order valence-corrected chi connectivity index (χ0v) is 16.2. The maximum absolute atomic E-state index is 14.5. The quantitative estimate of drug-likeness (QED) is 0.332. The van der Waals surface area contributed by atoms with Gasteiger partial charge in [-0.15, -0.1) is 0 Å². The molecular formula is C21H29F5O. The van der Waals surface area contributed by atoms with Crippen molar-refractivity contribution in [1.29, 1.82) is 0 Å². The lowest BCUT2D eigenvalue weighted by Crippen LogP contribution is -2.38. The van der Waals surface area contributed by atoms with Crippen molar-refractivity contribution in [3.8, 4) is 5.75 Å². The molecule has 154 valence electrons. The Kier molecular flexibility index (Phi) is 7.52. The van der Waals surface area contributed by atoms with Gasteiger partial charge in [0.05, 0.1) is 5.92 Å². The van der Waals surface area contributed by atoms with Gasteiger partial charge in [-0.2, -0.15) is 8.78 Å². The summed E-state index contributed by atoms with van der Waals surface area (Å²) in [7, 11) is 0. The summed E-state index contributed by atoms with van der Waals surface area (Å²) in [5.41, 5.74) is 0. The van der Waals surface area contributed by atoms with Crippen molar-refractivity contribution < 1.29 is 26.7 Å². The molecule has 1 saturated carbocycles. The zero-order valence-electron chi connectivity index (χ0n) is 16.2. The topological polar surface area (TPSA) is 9.23 Å². The van der Waals surface area contributed by atoms with Gasteiger partial charge in [-0.05, 0) is 49.9 Å². The van der Waals surface area contributed by atoms with E-state index in [1.807, 2.05) is 0 Å². The fourth-order valence-corrected chi connectivity index (χ4v) is 4.08. The Labute approximate surface area is 158 Å². The molecule has 1 atom stereocenters. The minimum atomic E-state index is -3.54. The third-order valence-corrected chi connectivity index (χ3v) is 5.76. The number of benzene rings is 1. The molecule has 0 radical (unpaired) electrons. The Morgan fingerprint density at radius 1 is 1.00 bits per heavy atom. The molecular weight excluding hydrogens is 363 g/mol. The van der Waals surface area contributed by atoms with Crippen LogP contribution in [0.15, 0.2) is 12.1 Å². The van der Waals surface area contributed by atoms with Gasteiger partial charge in [0, 0.05) is 12.1 Å². The molecule has 0 N–H and O–H groups in total. The van der Waals surface area contributed by atoms with E-state index in [4.69, 9.17) is 0 Å². The predicted octanol–water partition coefficient (Wildman–Crippen LogP) is 7.34. The number of hydrogen-bond donors (Lipinski definition) is 0. The fourth-order valence-electron chi connectivity index (χ4n) is 4.08. The van der Waals surface area contributed by atoms with Gasteiger partial charge in [-0.1, -0.05) is 33.6 Å². The van der Waals surface area contributed by atoms with E-state index in [0.717, 1.165) is 19.3 Å². The summed E-state index contributed by atoms with van der Waals surface area (Å²) in [4.78, 5) is 0. The first-order valence-electron chi connectivity index (χ1n) is 9.85. The van der Waals surface area contributed by atoms with Gasteiger partial charge in [0.1, 0.15) is 5.75 Å². The number of alkyl halides is 2. The summed E-state index contributed by atoms with van der Waals surface area (Å²) in [6.07, 6.45) is 1.77. The average Bonchev–Trinajstić information content (AvgIpc) is 2.60. The van der Waals surface area contributed by atoms with Gasteiger partial charge in [0.15, 0.2) is 17.5 Å². The highest BCUT2D eigenvalue weighted by Crippen LogP contribution is 2.43. The fraction of sp³-hybridized carbons (Fsp3) is 0.714. The molecule has 1 aliphatic rings. The third kappa shape index (κ3) is 5.82. The minimum absolute atomic E-state index is 0.308. The third-order valence-electron chi connectivity index (χ3n) is 5.76. The van der Waals surface area contributed by atoms with Crippen LogP contribution in [0.5, 0.6) is 5.75 Å². The largest absolute Gasteiger partial charge is 0.432 e. The lowest BCUT2D eigenvalue weighted by atomic mass is 9.73. The molecule has 2 rings (SSSR count). The molecule has 1 aliphatic carbocycles. The van der Waals surface area contributed by atoms with Crippen LogP contribution in [0.25, 0.3) is 0 Å². The smallest absolute Gasteiger partial charge is 0.400 e. The minimum Gasteiger partial charge on any atom is -0.432 e. The second kappa shape index (κ2) is 9.24. The zero-order chi connectivity index (χ0) is 20.2. The summed E-state index contributed by atoms with van der Waals surface area (Å²) in [5.74, 6) is -4.87. The number of ether oxygens (including phenoxy) is 1. The molecule has 1 aromatic rings. The van der Waals surface area contributed by atoms with Crippen LogP contribution in [-0.4, -0.2) is 6.11 Å². The second-order valence-electron chi connectivity index (χ2n) is 8.12. The summed E-state index contributed by atoms with van der Waals surface area (Å²) < 4.78 is 72.9. The van der Waals surface area contributed by atoms with Crippen molar-refractivity contribution in [3.63, 3.8) is 0 Å². The number of rotatable bonds is 8. The lowest BCUT2D eigenvalue weighted by Gasteiger charge is -2.36. The SMILES string of the molecule is CCC(CCC(C)C)C1CCC(C(F)(F)Oc2cc(F)c(F)c(F)c2)CC1. The Morgan fingerprint density at radius 3 is 2.04 bits per heavy atom. The van der Waals surface area contributed by atoms with E-state index in [2.05, 4.69) is 25.5 Å². The first-order chi connectivity index (χ1) is 12.6. The molecule has 0 bridgehead atoms. The van der Waals surface area contributed by atoms with Crippen LogP contribution >= 0.6 is 0 Å². The average molecular weight is 392 g/mol. The van der Waals surface area contributed by atoms with E-state index in [9.17, 15) is 22.0 Å². The van der Waals surface area contributed by atoms with Gasteiger partial charge >= 0.3 is 6.11 Å². The van der Waals surface area contributed by atoms with Crippen molar-refractivity contribution in [1.82, 2.24) is 0 Å². The normalized spacial score (nSPS) is 22.1. The summed E-state index contributed by atoms with van der Waals surface area (Å²) in [5, 5.41) is 0. The van der Waals surface area contributed by atoms with Crippen LogP contribution in [-0.2, 0) is 0 Å². The molecule has 1 aromatic carbocycles. The van der Waals surface area contributed by atoms with E-state index >= 15 is 0 Å². The molecule has 0 spiro atoms. The first-order valence-corrected chi connectivity index (χ1v) is 9.85. The summed E-state index contributed by atoms with van der Waals surface area (Å²) >= 11 is 0. The summed E-state index contributed by atoms with van der Waals surface area (Å²) in [6.45, 7) is 6.51. The van der Waals surface area contributed by atoms with Crippen LogP contribution < -0.4 is 4.74 Å². The maximum Gasteiger partial charge on any atom is 0.400 e. The molecule has 0 saturated heterocycles. The molecule has 0 aromatic heterocycles. The van der Waals surface area contributed by atoms with Gasteiger partial charge in [0.25, 0.3) is 0 Å². The molecule has 0 aliphatic heterocycles. The molecule has 1 fully saturated rings. The molecule has 0 heterocycles. The molecule has 0 amide bonds. The Hall–Kier alpha value is -1.33. The summed E-state index contributed by atoms with van der Waals surface area (Å²) in [6, 6.07) is 0.911. The van der Waals surface area contributed by atoms with E-state index in [1.165, 1.54) is 0 Å². The number of halogens is 5. The number of hydrogen-bond acceptors (Lipinski definition) is 1. The van der Waals surface area contributed by atoms with Crippen LogP contribution in [0, 0.1) is 41.1 Å². The van der Waals surface area contributed by atoms with Gasteiger partial charge in [-0.3, -0.25) is 0 Å². The standard InChI is InChI=1S/C21H29F5O/c1-4-14(6-5-13(2)3)15-7-9-16(10-8-15)21(25,26)27-17-11-18(22)20(24)19(23)12-17/h11-16H,4-10H2,1-3H3. The van der Waals surface area contributed by atoms with Gasteiger partial charge < -0.3 is 4.74 Å². The Balaban J connectivity index is 1.95. The monoisotopic (exact) mass is 392 g/mol. The van der Waals surface area contributed by atoms with E-state index in [-0.39, 0.29) is 0 Å². The Morgan fingerprint density at radius 2 is 1.56 bits per heavy atom. The molecule has 1 unspecified atom stereocenters. The first kappa shape index (κ1) is 22.0. The van der Waals surface area contributed by atoms with Crippen LogP contribution in [0.3, 0.4) is 0 Å². The van der Waals surface area contributed by atoms with Crippen LogP contribution in [0.1, 0.15) is 65.7 Å². The predicted molar refractivity (Wildman–Crippen MR) is 95.2 cm³/mol. The van der Waals surface area contributed by atoms with E-state index in [1.54, 1.807) is 0 Å².